The van der Waals surface area contributed by atoms with Crippen LogP contribution in [0.4, 0.5) is 0 Å². The average molecular weight is 394 g/mol. The third-order valence-electron chi connectivity index (χ3n) is 5.14. The van der Waals surface area contributed by atoms with E-state index in [-0.39, 0.29) is 6.16 Å². The lowest BCUT2D eigenvalue weighted by atomic mass is 10.0. The maximum absolute atomic E-state index is 10.9. The molecule has 0 amide bonds. The van der Waals surface area contributed by atoms with Crippen LogP contribution in [0.15, 0.2) is 0 Å². The number of nitrogens with zero attached hydrogens (tertiary/aromatic N) is 1. The van der Waals surface area contributed by atoms with Gasteiger partial charge in [0.25, 0.3) is 0 Å². The van der Waals surface area contributed by atoms with Gasteiger partial charge in [0.15, 0.2) is 0 Å². The summed E-state index contributed by atoms with van der Waals surface area (Å²) in [5.41, 5.74) is 0. The zero-order chi connectivity index (χ0) is 19.7. The van der Waals surface area contributed by atoms with Crippen molar-refractivity contribution in [1.29, 1.82) is 0 Å². The zero-order valence-corrected chi connectivity index (χ0v) is 18.4. The Morgan fingerprint density at radius 1 is 0.692 bits per heavy atom. The molecule has 0 aromatic carbocycles. The topological polar surface area (TPSA) is 83.6 Å². The monoisotopic (exact) mass is 393 g/mol. The van der Waals surface area contributed by atoms with Gasteiger partial charge in [-0.05, 0) is 12.8 Å². The minimum absolute atomic E-state index is 0.0588. The van der Waals surface area contributed by atoms with Crippen LogP contribution >= 0.6 is 7.60 Å². The molecule has 26 heavy (non-hydrogen) atoms. The normalized spacial score (nSPS) is 14.5. The molecule has 0 radical (unpaired) electrons. The van der Waals surface area contributed by atoms with Gasteiger partial charge in [0, 0.05) is 6.42 Å². The van der Waals surface area contributed by atoms with E-state index in [0.29, 0.717) is 17.6 Å². The van der Waals surface area contributed by atoms with E-state index < -0.39 is 7.60 Å². The van der Waals surface area contributed by atoms with Crippen LogP contribution in [0, 0.1) is 0 Å². The van der Waals surface area contributed by atoms with E-state index in [0.717, 1.165) is 13.0 Å². The molecule has 0 fully saturated rings. The van der Waals surface area contributed by atoms with Gasteiger partial charge < -0.3 is 9.79 Å². The smallest absolute Gasteiger partial charge is 0.324 e. The number of hydrogen-bond donors (Lipinski definition) is 3. The molecule has 0 aliphatic carbocycles. The summed E-state index contributed by atoms with van der Waals surface area (Å²) >= 11 is 0. The Hall–Kier alpha value is 0.0700. The lowest BCUT2D eigenvalue weighted by Crippen LogP contribution is -2.52. The summed E-state index contributed by atoms with van der Waals surface area (Å²) in [5.74, 6) is 6.18. The first kappa shape index (κ1) is 26.1. The van der Waals surface area contributed by atoms with E-state index in [2.05, 4.69) is 6.92 Å². The van der Waals surface area contributed by atoms with Gasteiger partial charge in [-0.2, -0.15) is 5.84 Å². The number of nitrogens with two attached hydrogens (primary N) is 1. The molecule has 0 heterocycles. The summed E-state index contributed by atoms with van der Waals surface area (Å²) in [4.78, 5) is 17.8. The van der Waals surface area contributed by atoms with Crippen LogP contribution in [0.5, 0.6) is 0 Å². The van der Waals surface area contributed by atoms with E-state index in [1.54, 1.807) is 0 Å². The van der Waals surface area contributed by atoms with E-state index in [1.807, 2.05) is 7.05 Å². The van der Waals surface area contributed by atoms with Gasteiger partial charge in [-0.25, -0.2) is 0 Å². The van der Waals surface area contributed by atoms with Gasteiger partial charge in [0.1, 0.15) is 0 Å². The molecule has 0 aromatic rings. The summed E-state index contributed by atoms with van der Waals surface area (Å²) in [6.07, 6.45) is 19.3. The average Bonchev–Trinajstić information content (AvgIpc) is 2.53. The maximum Gasteiger partial charge on any atom is 0.325 e. The molecule has 1 unspecified atom stereocenters. The molecule has 1 atom stereocenters. The van der Waals surface area contributed by atoms with Gasteiger partial charge in [-0.3, -0.25) is 9.16 Å². The molecule has 0 saturated heterocycles. The summed E-state index contributed by atoms with van der Waals surface area (Å²) in [6.45, 7) is 3.78. The minimum atomic E-state index is -3.88. The Bertz CT molecular complexity index is 359. The van der Waals surface area contributed by atoms with Gasteiger partial charge in [-0.1, -0.05) is 84.0 Å². The van der Waals surface area contributed by atoms with Gasteiger partial charge in [0.05, 0.1) is 26.3 Å². The molecule has 0 bridgehead atoms. The molecule has 5 nitrogen and oxygen atoms in total. The second-order valence-electron chi connectivity index (χ2n) is 8.26. The number of hydrogen-bond acceptors (Lipinski definition) is 2. The van der Waals surface area contributed by atoms with Gasteiger partial charge >= 0.3 is 7.60 Å². The molecule has 4 N–H and O–H groups in total. The fourth-order valence-corrected chi connectivity index (χ4v) is 3.97. The van der Waals surface area contributed by atoms with E-state index in [4.69, 9.17) is 15.6 Å². The lowest BCUT2D eigenvalue weighted by molar-refractivity contribution is -0.921. The van der Waals surface area contributed by atoms with Crippen LogP contribution in [-0.4, -0.2) is 40.7 Å². The van der Waals surface area contributed by atoms with Crippen molar-refractivity contribution in [2.75, 3.05) is 26.3 Å². The van der Waals surface area contributed by atoms with Crippen LogP contribution < -0.4 is 5.84 Å². The first-order valence-electron chi connectivity index (χ1n) is 10.9. The van der Waals surface area contributed by atoms with Crippen molar-refractivity contribution in [2.24, 2.45) is 5.84 Å². The number of unbranched alkanes of at least 4 members (excludes halogenated alkanes) is 13. The van der Waals surface area contributed by atoms with Crippen LogP contribution in [0.2, 0.25) is 0 Å². The van der Waals surface area contributed by atoms with Crippen molar-refractivity contribution in [3.05, 3.63) is 0 Å². The van der Waals surface area contributed by atoms with Crippen molar-refractivity contribution in [3.63, 3.8) is 0 Å². The number of rotatable bonds is 19. The van der Waals surface area contributed by atoms with Crippen molar-refractivity contribution in [2.45, 2.75) is 103 Å². The van der Waals surface area contributed by atoms with E-state index in [9.17, 15) is 4.57 Å². The molecule has 0 aliphatic rings. The molecule has 0 saturated carbocycles. The van der Waals surface area contributed by atoms with Gasteiger partial charge in [0.2, 0.25) is 0 Å². The Kier molecular flexibility index (Phi) is 16.1. The zero-order valence-electron chi connectivity index (χ0n) is 17.5. The molecule has 0 aliphatic heterocycles. The van der Waals surface area contributed by atoms with Crippen LogP contribution in [-0.2, 0) is 4.57 Å². The third-order valence-corrected chi connectivity index (χ3v) is 6.04. The summed E-state index contributed by atoms with van der Waals surface area (Å²) in [5, 5.41) is 0. The standard InChI is InChI=1S/C20H45N2O3P/c1-3-4-5-6-7-8-9-10-11-12-13-14-15-16-18-22(2,21)19-17-20-26(23,24)25/h3-21H2,1-2H3,(H-,23,24,25)/p+1. The predicted molar refractivity (Wildman–Crippen MR) is 112 cm³/mol. The largest absolute Gasteiger partial charge is 0.325 e. The highest BCUT2D eigenvalue weighted by Crippen LogP contribution is 2.34. The first-order valence-corrected chi connectivity index (χ1v) is 12.7. The minimum Gasteiger partial charge on any atom is -0.324 e. The summed E-state index contributed by atoms with van der Waals surface area (Å²) in [6, 6.07) is 0. The van der Waals surface area contributed by atoms with Crippen molar-refractivity contribution in [3.8, 4) is 0 Å². The fraction of sp³-hybridized carbons (Fsp3) is 1.00. The highest BCUT2D eigenvalue weighted by molar-refractivity contribution is 7.51. The molecule has 0 rings (SSSR count). The van der Waals surface area contributed by atoms with E-state index in [1.165, 1.54) is 83.5 Å². The highest BCUT2D eigenvalue weighted by atomic mass is 31.2. The Morgan fingerprint density at radius 2 is 1.04 bits per heavy atom. The van der Waals surface area contributed by atoms with Crippen molar-refractivity contribution in [1.82, 2.24) is 0 Å². The summed E-state index contributed by atoms with van der Waals surface area (Å²) in [7, 11) is -1.93. The predicted octanol–water partition coefficient (Wildman–Crippen LogP) is 5.36. The lowest BCUT2D eigenvalue weighted by Gasteiger charge is -2.28. The van der Waals surface area contributed by atoms with Crippen LogP contribution in [0.3, 0.4) is 0 Å². The van der Waals surface area contributed by atoms with Crippen molar-refractivity contribution >= 4 is 7.60 Å². The molecule has 0 aromatic heterocycles. The molecular formula is C20H46N2O3P+. The maximum atomic E-state index is 10.9. The SMILES string of the molecule is CCCCCCCCCCCCCCCC[N+](C)(N)CCCP(=O)(O)O. The Morgan fingerprint density at radius 3 is 1.42 bits per heavy atom. The van der Waals surface area contributed by atoms with Crippen molar-refractivity contribution < 1.29 is 18.9 Å². The number of quaternary nitrogens is 1. The second-order valence-corrected chi connectivity index (χ2v) is 10.0. The van der Waals surface area contributed by atoms with E-state index >= 15 is 0 Å². The first-order chi connectivity index (χ1) is 12.3. The highest BCUT2D eigenvalue weighted by Gasteiger charge is 2.19. The molecule has 158 valence electrons. The third kappa shape index (κ3) is 20.4. The molecular weight excluding hydrogens is 347 g/mol. The Labute approximate surface area is 162 Å². The fourth-order valence-electron chi connectivity index (χ4n) is 3.42. The Balaban J connectivity index is 3.33. The van der Waals surface area contributed by atoms with Crippen LogP contribution in [0.1, 0.15) is 103 Å². The van der Waals surface area contributed by atoms with Gasteiger partial charge in [-0.15, -0.1) is 0 Å². The molecule has 0 spiro atoms. The van der Waals surface area contributed by atoms with Crippen LogP contribution in [0.25, 0.3) is 0 Å². The quantitative estimate of drug-likeness (QED) is 0.0907. The second kappa shape index (κ2) is 16.1. The molecule has 6 heteroatoms. The summed E-state index contributed by atoms with van der Waals surface area (Å²) < 4.78 is 11.2.